The van der Waals surface area contributed by atoms with Crippen LogP contribution >= 0.6 is 27.5 Å². The summed E-state index contributed by atoms with van der Waals surface area (Å²) in [5, 5.41) is 0.803. The molecule has 1 aromatic carbocycles. The van der Waals surface area contributed by atoms with Crippen LogP contribution in [0.2, 0.25) is 5.02 Å². The first-order valence-corrected chi connectivity index (χ1v) is 6.05. The highest BCUT2D eigenvalue weighted by Gasteiger charge is 2.16. The van der Waals surface area contributed by atoms with Crippen LogP contribution in [0.3, 0.4) is 0 Å². The zero-order valence-corrected chi connectivity index (χ0v) is 10.5. The van der Waals surface area contributed by atoms with Crippen LogP contribution in [0.15, 0.2) is 16.6 Å². The van der Waals surface area contributed by atoms with Crippen LogP contribution < -0.4 is 4.90 Å². The average Bonchev–Trinajstić information content (AvgIpc) is 2.35. The molecule has 3 heteroatoms. The number of anilines is 1. The molecule has 0 aliphatic carbocycles. The molecule has 1 aromatic rings. The van der Waals surface area contributed by atoms with Crippen molar-refractivity contribution in [2.24, 2.45) is 0 Å². The lowest BCUT2D eigenvalue weighted by molar-refractivity contribution is 0.750. The average molecular weight is 275 g/mol. The molecule has 14 heavy (non-hydrogen) atoms. The van der Waals surface area contributed by atoms with Gasteiger partial charge in [0.05, 0.1) is 15.2 Å². The van der Waals surface area contributed by atoms with Crippen molar-refractivity contribution in [3.63, 3.8) is 0 Å². The second-order valence-electron chi connectivity index (χ2n) is 3.75. The lowest BCUT2D eigenvalue weighted by Gasteiger charge is -2.21. The van der Waals surface area contributed by atoms with E-state index in [2.05, 4.69) is 33.9 Å². The fraction of sp³-hybridized carbons (Fsp3) is 0.455. The van der Waals surface area contributed by atoms with Gasteiger partial charge in [0, 0.05) is 13.6 Å². The topological polar surface area (TPSA) is 3.24 Å². The normalized spacial score (nSPS) is 16.4. The molecular weight excluding hydrogens is 261 g/mol. The maximum Gasteiger partial charge on any atom is 0.0598 e. The summed E-state index contributed by atoms with van der Waals surface area (Å²) in [5.41, 5.74) is 2.68. The Labute approximate surface area is 98.2 Å². The van der Waals surface area contributed by atoms with E-state index in [-0.39, 0.29) is 0 Å². The maximum atomic E-state index is 6.09. The molecule has 0 atom stereocenters. The van der Waals surface area contributed by atoms with Crippen LogP contribution in [-0.2, 0) is 6.42 Å². The Morgan fingerprint density at radius 3 is 2.93 bits per heavy atom. The quantitative estimate of drug-likeness (QED) is 0.694. The van der Waals surface area contributed by atoms with E-state index in [9.17, 15) is 0 Å². The van der Waals surface area contributed by atoms with Gasteiger partial charge >= 0.3 is 0 Å². The molecule has 1 nitrogen and oxygen atoms in total. The Hall–Kier alpha value is -0.210. The van der Waals surface area contributed by atoms with E-state index in [4.69, 9.17) is 11.6 Å². The van der Waals surface area contributed by atoms with Gasteiger partial charge in [0.1, 0.15) is 0 Å². The van der Waals surface area contributed by atoms with Gasteiger partial charge in [-0.05, 0) is 46.8 Å². The summed E-state index contributed by atoms with van der Waals surface area (Å²) in [6, 6.07) is 4.12. The predicted molar refractivity (Wildman–Crippen MR) is 65.4 cm³/mol. The van der Waals surface area contributed by atoms with Crippen molar-refractivity contribution in [3.05, 3.63) is 27.2 Å². The van der Waals surface area contributed by atoms with Crippen LogP contribution in [0.1, 0.15) is 18.4 Å². The first-order valence-electron chi connectivity index (χ1n) is 4.88. The summed E-state index contributed by atoms with van der Waals surface area (Å²) in [5.74, 6) is 0. The summed E-state index contributed by atoms with van der Waals surface area (Å²) < 4.78 is 1.04. The van der Waals surface area contributed by atoms with Gasteiger partial charge in [0.25, 0.3) is 0 Å². The molecule has 0 fully saturated rings. The Morgan fingerprint density at radius 2 is 2.14 bits per heavy atom. The molecule has 76 valence electrons. The third-order valence-electron chi connectivity index (χ3n) is 2.72. The van der Waals surface area contributed by atoms with Crippen LogP contribution in [-0.4, -0.2) is 13.6 Å². The first kappa shape index (κ1) is 10.3. The molecule has 1 aliphatic rings. The fourth-order valence-corrected chi connectivity index (χ4v) is 2.81. The highest BCUT2D eigenvalue weighted by Crippen LogP contribution is 2.37. The van der Waals surface area contributed by atoms with E-state index >= 15 is 0 Å². The maximum absolute atomic E-state index is 6.09. The van der Waals surface area contributed by atoms with Gasteiger partial charge < -0.3 is 4.90 Å². The van der Waals surface area contributed by atoms with Gasteiger partial charge in [-0.15, -0.1) is 0 Å². The molecule has 2 rings (SSSR count). The summed E-state index contributed by atoms with van der Waals surface area (Å²) in [7, 11) is 2.13. The number of rotatable bonds is 0. The van der Waals surface area contributed by atoms with Gasteiger partial charge in [-0.1, -0.05) is 17.7 Å². The molecule has 0 N–H and O–H groups in total. The third-order valence-corrected chi connectivity index (χ3v) is 4.07. The van der Waals surface area contributed by atoms with Crippen LogP contribution in [0.5, 0.6) is 0 Å². The van der Waals surface area contributed by atoms with Crippen molar-refractivity contribution in [3.8, 4) is 0 Å². The Bertz CT molecular complexity index is 351. The number of aryl methyl sites for hydroxylation is 1. The SMILES string of the molecule is CN1CCCCc2ccc(Cl)c(Br)c21. The first-order chi connectivity index (χ1) is 6.70. The molecule has 1 heterocycles. The minimum Gasteiger partial charge on any atom is -0.373 e. The minimum atomic E-state index is 0.803. The third kappa shape index (κ3) is 1.78. The van der Waals surface area contributed by atoms with Crippen molar-refractivity contribution in [2.75, 3.05) is 18.5 Å². The largest absolute Gasteiger partial charge is 0.373 e. The molecule has 0 bridgehead atoms. The Morgan fingerprint density at radius 1 is 1.36 bits per heavy atom. The van der Waals surface area contributed by atoms with Crippen LogP contribution in [0, 0.1) is 0 Å². The van der Waals surface area contributed by atoms with Crippen LogP contribution in [0.25, 0.3) is 0 Å². The van der Waals surface area contributed by atoms with Crippen molar-refractivity contribution in [1.82, 2.24) is 0 Å². The van der Waals surface area contributed by atoms with Gasteiger partial charge in [-0.2, -0.15) is 0 Å². The fourth-order valence-electron chi connectivity index (χ4n) is 1.97. The van der Waals surface area contributed by atoms with Gasteiger partial charge in [-0.25, -0.2) is 0 Å². The zero-order chi connectivity index (χ0) is 10.1. The predicted octanol–water partition coefficient (Wildman–Crippen LogP) is 3.88. The smallest absolute Gasteiger partial charge is 0.0598 e. The number of nitrogens with zero attached hydrogens (tertiary/aromatic N) is 1. The van der Waals surface area contributed by atoms with E-state index in [1.54, 1.807) is 0 Å². The molecule has 0 amide bonds. The van der Waals surface area contributed by atoms with E-state index < -0.39 is 0 Å². The molecule has 1 aliphatic heterocycles. The van der Waals surface area contributed by atoms with Gasteiger partial charge in [0.2, 0.25) is 0 Å². The zero-order valence-electron chi connectivity index (χ0n) is 8.19. The summed E-state index contributed by atoms with van der Waals surface area (Å²) in [6.07, 6.45) is 3.69. The van der Waals surface area contributed by atoms with E-state index in [1.807, 2.05) is 6.07 Å². The Balaban J connectivity index is 2.54. The van der Waals surface area contributed by atoms with Gasteiger partial charge in [-0.3, -0.25) is 0 Å². The summed E-state index contributed by atoms with van der Waals surface area (Å²) in [4.78, 5) is 2.29. The standard InChI is InChI=1S/C11H13BrClN/c1-14-7-3-2-4-8-5-6-9(13)10(12)11(8)14/h5-6H,2-4,7H2,1H3. The molecule has 0 unspecified atom stereocenters. The number of hydrogen-bond acceptors (Lipinski definition) is 1. The van der Waals surface area contributed by atoms with E-state index in [0.29, 0.717) is 0 Å². The van der Waals surface area contributed by atoms with Crippen molar-refractivity contribution >= 4 is 33.2 Å². The molecule has 0 saturated carbocycles. The van der Waals surface area contributed by atoms with E-state index in [0.717, 1.165) is 22.5 Å². The highest BCUT2D eigenvalue weighted by atomic mass is 79.9. The lowest BCUT2D eigenvalue weighted by atomic mass is 10.1. The lowest BCUT2D eigenvalue weighted by Crippen LogP contribution is -2.18. The van der Waals surface area contributed by atoms with Gasteiger partial charge in [0.15, 0.2) is 0 Å². The van der Waals surface area contributed by atoms with Crippen molar-refractivity contribution in [1.29, 1.82) is 0 Å². The number of benzene rings is 1. The molecule has 0 radical (unpaired) electrons. The second kappa shape index (κ2) is 4.11. The van der Waals surface area contributed by atoms with Crippen LogP contribution in [0.4, 0.5) is 5.69 Å². The number of fused-ring (bicyclic) bond motifs is 1. The highest BCUT2D eigenvalue weighted by molar-refractivity contribution is 9.10. The molecule has 0 aromatic heterocycles. The van der Waals surface area contributed by atoms with Crippen molar-refractivity contribution in [2.45, 2.75) is 19.3 Å². The van der Waals surface area contributed by atoms with Crippen molar-refractivity contribution < 1.29 is 0 Å². The number of halogens is 2. The molecular formula is C11H13BrClN. The monoisotopic (exact) mass is 273 g/mol. The molecule has 0 spiro atoms. The summed E-state index contributed by atoms with van der Waals surface area (Å²) >= 11 is 9.66. The second-order valence-corrected chi connectivity index (χ2v) is 4.95. The number of hydrogen-bond donors (Lipinski definition) is 0. The minimum absolute atomic E-state index is 0.803. The van der Waals surface area contributed by atoms with E-state index in [1.165, 1.54) is 24.1 Å². The summed E-state index contributed by atoms with van der Waals surface area (Å²) in [6.45, 7) is 1.12. The Kier molecular flexibility index (Phi) is 3.03. The molecule has 0 saturated heterocycles.